The Morgan fingerprint density at radius 3 is 1.49 bits per heavy atom. The van der Waals surface area contributed by atoms with Gasteiger partial charge in [-0.25, -0.2) is 42.1 Å². The van der Waals surface area contributed by atoms with Crippen molar-refractivity contribution < 1.29 is 158 Å². The Morgan fingerprint density at radius 2 is 1.05 bits per heavy atom. The van der Waals surface area contributed by atoms with Gasteiger partial charge in [0.15, 0.2) is 25.4 Å². The van der Waals surface area contributed by atoms with E-state index in [9.17, 15) is 60.9 Å². The summed E-state index contributed by atoms with van der Waals surface area (Å²) in [6.07, 6.45) is 0. The number of hydrogen-bond donors (Lipinski definition) is 2. The van der Waals surface area contributed by atoms with E-state index in [4.69, 9.17) is 5.73 Å². The van der Waals surface area contributed by atoms with Crippen LogP contribution in [0.3, 0.4) is 0 Å². The first-order valence-corrected chi connectivity index (χ1v) is 21.1. The molecule has 0 aliphatic rings. The number of nitrogens with two attached hydrogens (primary N) is 1. The molecule has 0 heterocycles. The molecule has 0 saturated carbocycles. The summed E-state index contributed by atoms with van der Waals surface area (Å²) < 4.78 is 159. The summed E-state index contributed by atoms with van der Waals surface area (Å²) in [7, 11) is -24.1. The Morgan fingerprint density at radius 1 is 0.600 bits per heavy atom. The van der Waals surface area contributed by atoms with E-state index in [-0.39, 0.29) is 127 Å². The van der Waals surface area contributed by atoms with Crippen molar-refractivity contribution in [2.75, 3.05) is 30.5 Å². The Kier molecular flexibility index (Phi) is 19.2. The number of anilines is 1. The number of rotatable bonds is 15. The molecular formula is C26H22N5Na3O16S5. The number of nitrogens with zero attached hydrogens (tertiary/aromatic N) is 4. The molecule has 3 N–H and O–H groups in total. The molecular weight excluding hydrogens is 868 g/mol. The van der Waals surface area contributed by atoms with Crippen LogP contribution in [-0.2, 0) is 59.0 Å². The average Bonchev–Trinajstić information content (AvgIpc) is 3.01. The third kappa shape index (κ3) is 15.0. The van der Waals surface area contributed by atoms with Gasteiger partial charge in [-0.2, -0.15) is 10.2 Å². The summed E-state index contributed by atoms with van der Waals surface area (Å²) in [5.41, 5.74) is 4.48. The molecule has 4 rings (SSSR count). The number of sulfone groups is 2. The molecule has 55 heavy (non-hydrogen) atoms. The van der Waals surface area contributed by atoms with Crippen molar-refractivity contribution >= 4 is 89.8 Å². The molecule has 0 aliphatic carbocycles. The van der Waals surface area contributed by atoms with Crippen molar-refractivity contribution in [3.05, 3.63) is 66.7 Å². The van der Waals surface area contributed by atoms with Crippen LogP contribution in [-0.4, -0.2) is 85.6 Å². The van der Waals surface area contributed by atoms with Crippen molar-refractivity contribution in [1.82, 2.24) is 0 Å². The zero-order valence-electron chi connectivity index (χ0n) is 28.7. The minimum atomic E-state index is -5.42. The number of benzene rings is 4. The second-order valence-corrected chi connectivity index (χ2v) is 17.8. The summed E-state index contributed by atoms with van der Waals surface area (Å²) in [5, 5.41) is 26.0. The number of aromatic hydroxyl groups is 1. The summed E-state index contributed by atoms with van der Waals surface area (Å²) in [6.45, 7) is -1.93. The van der Waals surface area contributed by atoms with Gasteiger partial charge in [-0.05, 0) is 54.6 Å². The predicted molar refractivity (Wildman–Crippen MR) is 175 cm³/mol. The number of fused-ring (bicyclic) bond motifs is 1. The van der Waals surface area contributed by atoms with Crippen LogP contribution in [0.15, 0.2) is 102 Å². The van der Waals surface area contributed by atoms with Gasteiger partial charge in [0.25, 0.3) is 0 Å². The minimum absolute atomic E-state index is 0. The van der Waals surface area contributed by atoms with Crippen LogP contribution in [0.4, 0.5) is 28.4 Å². The quantitative estimate of drug-likeness (QED) is 0.0368. The third-order valence-corrected chi connectivity index (χ3v) is 11.6. The monoisotopic (exact) mass is 889 g/mol. The van der Waals surface area contributed by atoms with E-state index in [0.29, 0.717) is 0 Å². The normalized spacial score (nSPS) is 12.6. The molecule has 21 nitrogen and oxygen atoms in total. The van der Waals surface area contributed by atoms with Gasteiger partial charge in [0, 0.05) is 16.5 Å². The standard InChI is InChI=1S/C26H25N5O16S5.3Na/c27-16-11-22-21(23(12-16)30-28-17-3-1-5-19(13-17)48(33,34)9-7-46-51(40,41)42)15-24(50(37,38)39)25(26(22)32)31-29-18-4-2-6-20(14-18)49(35,36)10-8-47-52(43,44)45;;;/h1-6,11-15,32H,7-10,27H2,(H,37,38,39)(H,40,41,42)(H,43,44,45);;;/q;3*+1/p-3. The Labute approximate surface area is 381 Å². The van der Waals surface area contributed by atoms with E-state index in [0.717, 1.165) is 30.3 Å². The van der Waals surface area contributed by atoms with Crippen LogP contribution < -0.4 is 94.4 Å². The van der Waals surface area contributed by atoms with Crippen molar-refractivity contribution in [3.63, 3.8) is 0 Å². The molecule has 0 saturated heterocycles. The molecule has 0 bridgehead atoms. The average molecular weight is 890 g/mol. The topological polar surface area (TPSA) is 354 Å². The summed E-state index contributed by atoms with van der Waals surface area (Å²) >= 11 is 0. The van der Waals surface area contributed by atoms with Crippen LogP contribution in [0.1, 0.15) is 0 Å². The fourth-order valence-electron chi connectivity index (χ4n) is 4.25. The molecule has 0 aromatic heterocycles. The third-order valence-electron chi connectivity index (χ3n) is 6.49. The fourth-order valence-corrected chi connectivity index (χ4v) is 7.92. The molecule has 0 radical (unpaired) electrons. The number of phenols is 1. The van der Waals surface area contributed by atoms with Gasteiger partial charge in [0.2, 0.25) is 20.8 Å². The molecule has 0 amide bonds. The molecule has 4 aromatic rings. The Bertz CT molecular complexity index is 2680. The second kappa shape index (κ2) is 20.5. The van der Waals surface area contributed by atoms with E-state index in [1.54, 1.807) is 0 Å². The van der Waals surface area contributed by atoms with Crippen LogP contribution in [0.5, 0.6) is 5.75 Å². The maximum Gasteiger partial charge on any atom is 1.00 e. The second-order valence-electron chi connectivity index (χ2n) is 10.2. The largest absolute Gasteiger partial charge is 1.00 e. The Hall–Kier alpha value is -1.51. The summed E-state index contributed by atoms with van der Waals surface area (Å²) in [5.74, 6) is -2.72. The number of hydrogen-bond acceptors (Lipinski definition) is 21. The zero-order valence-corrected chi connectivity index (χ0v) is 38.7. The van der Waals surface area contributed by atoms with Gasteiger partial charge >= 0.3 is 88.7 Å². The molecule has 0 spiro atoms. The van der Waals surface area contributed by atoms with Gasteiger partial charge in [-0.1, -0.05) is 12.1 Å². The van der Waals surface area contributed by atoms with E-state index in [1.165, 1.54) is 36.4 Å². The first kappa shape index (κ1) is 51.5. The SMILES string of the molecule is Nc1cc(N=Nc2cccc(S(=O)(=O)CCOS(=O)(=O)[O-])c2)c2cc(S(=O)(=O)[O-])c(N=Nc3cccc(S(=O)(=O)CCOS(=O)(=O)[O-])c3)c(O)c2c1.[Na+].[Na+].[Na+]. The van der Waals surface area contributed by atoms with E-state index < -0.39 is 96.5 Å². The molecule has 0 fully saturated rings. The first-order valence-electron chi connectivity index (χ1n) is 13.7. The first-order chi connectivity index (χ1) is 24.0. The van der Waals surface area contributed by atoms with Crippen LogP contribution in [0.25, 0.3) is 10.8 Å². The van der Waals surface area contributed by atoms with Crippen molar-refractivity contribution in [2.45, 2.75) is 14.7 Å². The molecule has 280 valence electrons. The van der Waals surface area contributed by atoms with Gasteiger partial charge < -0.3 is 24.5 Å². The maximum absolute atomic E-state index is 12.6. The van der Waals surface area contributed by atoms with E-state index >= 15 is 0 Å². The van der Waals surface area contributed by atoms with Crippen molar-refractivity contribution in [2.24, 2.45) is 20.5 Å². The fraction of sp³-hybridized carbons (Fsp3) is 0.154. The smallest absolute Gasteiger partial charge is 0.744 e. The molecule has 0 unspecified atom stereocenters. The number of nitrogen functional groups attached to an aromatic ring is 1. The number of azo groups is 2. The van der Waals surface area contributed by atoms with Gasteiger partial charge in [0.1, 0.15) is 15.8 Å². The van der Waals surface area contributed by atoms with Crippen LogP contribution in [0.2, 0.25) is 0 Å². The maximum atomic E-state index is 12.6. The van der Waals surface area contributed by atoms with Gasteiger partial charge in [0.05, 0.1) is 56.5 Å². The van der Waals surface area contributed by atoms with Gasteiger partial charge in [-0.15, -0.1) is 10.2 Å². The van der Waals surface area contributed by atoms with Gasteiger partial charge in [-0.3, -0.25) is 8.37 Å². The van der Waals surface area contributed by atoms with E-state index in [1.807, 2.05) is 0 Å². The van der Waals surface area contributed by atoms with Crippen LogP contribution in [0, 0.1) is 0 Å². The molecule has 0 atom stereocenters. The predicted octanol–water partition coefficient (Wildman–Crippen LogP) is -6.62. The summed E-state index contributed by atoms with van der Waals surface area (Å²) in [4.78, 5) is -1.88. The minimum Gasteiger partial charge on any atom is -0.744 e. The molecule has 4 aromatic carbocycles. The zero-order chi connectivity index (χ0) is 38.7. The van der Waals surface area contributed by atoms with Crippen LogP contribution >= 0.6 is 0 Å². The van der Waals surface area contributed by atoms with E-state index in [2.05, 4.69) is 28.8 Å². The van der Waals surface area contributed by atoms with Crippen molar-refractivity contribution in [1.29, 1.82) is 0 Å². The molecule has 0 aliphatic heterocycles. The number of phenolic OH excluding ortho intramolecular Hbond substituents is 1. The molecule has 29 heteroatoms. The summed E-state index contributed by atoms with van der Waals surface area (Å²) in [6, 6.07) is 12.3. The van der Waals surface area contributed by atoms with Crippen molar-refractivity contribution in [3.8, 4) is 5.75 Å². The Balaban J connectivity index is 0.00000504.